The Kier molecular flexibility index (Phi) is 4.02. The minimum atomic E-state index is 0.766. The molecule has 0 aliphatic rings. The van der Waals surface area contributed by atoms with Crippen molar-refractivity contribution in [3.63, 3.8) is 0 Å². The van der Waals surface area contributed by atoms with E-state index in [0.717, 1.165) is 42.0 Å². The Bertz CT molecular complexity index is 507. The fourth-order valence-corrected chi connectivity index (χ4v) is 2.34. The van der Waals surface area contributed by atoms with Crippen molar-refractivity contribution in [1.29, 1.82) is 0 Å². The molecule has 17 heavy (non-hydrogen) atoms. The van der Waals surface area contributed by atoms with Crippen LogP contribution < -0.4 is 0 Å². The molecule has 2 aromatic rings. The fraction of sp³-hybridized carbons (Fsp3) is 0.462. The molecule has 0 spiro atoms. The minimum absolute atomic E-state index is 0.766. The number of ether oxygens (including phenoxy) is 1. The quantitative estimate of drug-likeness (QED) is 0.764. The van der Waals surface area contributed by atoms with Crippen LogP contribution in [0, 0.1) is 0 Å². The third-order valence-electron chi connectivity index (χ3n) is 2.91. The van der Waals surface area contributed by atoms with Gasteiger partial charge in [-0.1, -0.05) is 18.5 Å². The van der Waals surface area contributed by atoms with Gasteiger partial charge in [0.15, 0.2) is 0 Å². The number of rotatable bonds is 5. The van der Waals surface area contributed by atoms with Gasteiger partial charge in [-0.15, -0.1) is 0 Å². The van der Waals surface area contributed by atoms with E-state index in [1.54, 1.807) is 13.3 Å². The third-order valence-corrected chi connectivity index (χ3v) is 3.23. The highest BCUT2D eigenvalue weighted by Gasteiger charge is 2.11. The monoisotopic (exact) mass is 252 g/mol. The average Bonchev–Trinajstić information content (AvgIpc) is 2.70. The molecule has 0 bridgehead atoms. The standard InChI is InChI=1S/C13H17ClN2O/c1-3-10-9-16(7-4-8-17-2)13-12(10)11(14)5-6-15-13/h5-6,9H,3-4,7-8H2,1-2H3. The van der Waals surface area contributed by atoms with Gasteiger partial charge in [0.05, 0.1) is 5.02 Å². The summed E-state index contributed by atoms with van der Waals surface area (Å²) in [6, 6.07) is 1.85. The van der Waals surface area contributed by atoms with Gasteiger partial charge in [-0.3, -0.25) is 0 Å². The summed E-state index contributed by atoms with van der Waals surface area (Å²) in [5.74, 6) is 0. The van der Waals surface area contributed by atoms with Crippen molar-refractivity contribution in [2.24, 2.45) is 0 Å². The number of fused-ring (bicyclic) bond motifs is 1. The summed E-state index contributed by atoms with van der Waals surface area (Å²) in [7, 11) is 1.72. The molecule has 3 nitrogen and oxygen atoms in total. The summed E-state index contributed by atoms with van der Waals surface area (Å²) in [5.41, 5.74) is 2.24. The largest absolute Gasteiger partial charge is 0.385 e. The smallest absolute Gasteiger partial charge is 0.141 e. The van der Waals surface area contributed by atoms with E-state index in [2.05, 4.69) is 22.7 Å². The molecule has 0 saturated heterocycles. The van der Waals surface area contributed by atoms with E-state index in [1.165, 1.54) is 5.56 Å². The van der Waals surface area contributed by atoms with Gasteiger partial charge in [0.2, 0.25) is 0 Å². The second-order valence-electron chi connectivity index (χ2n) is 4.04. The van der Waals surface area contributed by atoms with Crippen molar-refractivity contribution in [2.45, 2.75) is 26.3 Å². The van der Waals surface area contributed by atoms with Crippen LogP contribution >= 0.6 is 11.6 Å². The van der Waals surface area contributed by atoms with Crippen molar-refractivity contribution in [3.05, 3.63) is 29.0 Å². The van der Waals surface area contributed by atoms with E-state index >= 15 is 0 Å². The van der Waals surface area contributed by atoms with Crippen molar-refractivity contribution in [2.75, 3.05) is 13.7 Å². The Hall–Kier alpha value is -1.06. The lowest BCUT2D eigenvalue weighted by molar-refractivity contribution is 0.190. The van der Waals surface area contributed by atoms with Crippen LogP contribution in [-0.2, 0) is 17.7 Å². The number of halogens is 1. The average molecular weight is 253 g/mol. The molecule has 0 atom stereocenters. The molecule has 2 heterocycles. The molecule has 92 valence electrons. The molecular weight excluding hydrogens is 236 g/mol. The van der Waals surface area contributed by atoms with E-state index in [1.807, 2.05) is 6.07 Å². The molecule has 0 amide bonds. The summed E-state index contributed by atoms with van der Waals surface area (Å²) in [4.78, 5) is 4.43. The summed E-state index contributed by atoms with van der Waals surface area (Å²) < 4.78 is 7.24. The van der Waals surface area contributed by atoms with Gasteiger partial charge in [-0.2, -0.15) is 0 Å². The van der Waals surface area contributed by atoms with Crippen LogP contribution in [0.1, 0.15) is 18.9 Å². The van der Waals surface area contributed by atoms with Gasteiger partial charge in [0.25, 0.3) is 0 Å². The number of aromatic nitrogens is 2. The fourth-order valence-electron chi connectivity index (χ4n) is 2.07. The predicted octanol–water partition coefficient (Wildman–Crippen LogP) is 3.29. The Morgan fingerprint density at radius 3 is 3.00 bits per heavy atom. The topological polar surface area (TPSA) is 27.1 Å². The molecule has 0 aliphatic carbocycles. The van der Waals surface area contributed by atoms with Crippen molar-refractivity contribution < 1.29 is 4.74 Å². The van der Waals surface area contributed by atoms with E-state index < -0.39 is 0 Å². The highest BCUT2D eigenvalue weighted by molar-refractivity contribution is 6.35. The van der Waals surface area contributed by atoms with Crippen LogP contribution in [0.2, 0.25) is 5.02 Å². The lowest BCUT2D eigenvalue weighted by atomic mass is 10.2. The molecule has 0 aliphatic heterocycles. The Morgan fingerprint density at radius 2 is 2.29 bits per heavy atom. The summed E-state index contributed by atoms with van der Waals surface area (Å²) in [6.45, 7) is 3.82. The van der Waals surface area contributed by atoms with Gasteiger partial charge in [0, 0.05) is 38.0 Å². The second-order valence-corrected chi connectivity index (χ2v) is 4.45. The van der Waals surface area contributed by atoms with E-state index in [0.29, 0.717) is 0 Å². The van der Waals surface area contributed by atoms with Crippen LogP contribution in [0.15, 0.2) is 18.5 Å². The number of aryl methyl sites for hydroxylation is 2. The van der Waals surface area contributed by atoms with Crippen molar-refractivity contribution in [3.8, 4) is 0 Å². The van der Waals surface area contributed by atoms with Gasteiger partial charge >= 0.3 is 0 Å². The molecule has 0 unspecified atom stereocenters. The van der Waals surface area contributed by atoms with Crippen molar-refractivity contribution in [1.82, 2.24) is 9.55 Å². The van der Waals surface area contributed by atoms with Gasteiger partial charge < -0.3 is 9.30 Å². The minimum Gasteiger partial charge on any atom is -0.385 e. The normalized spacial score (nSPS) is 11.2. The van der Waals surface area contributed by atoms with E-state index in [9.17, 15) is 0 Å². The van der Waals surface area contributed by atoms with Crippen LogP contribution in [-0.4, -0.2) is 23.3 Å². The SMILES string of the molecule is CCc1cn(CCCOC)c2nccc(Cl)c12. The lowest BCUT2D eigenvalue weighted by Gasteiger charge is -2.03. The highest BCUT2D eigenvalue weighted by atomic mass is 35.5. The maximum atomic E-state index is 6.24. The molecule has 0 N–H and O–H groups in total. The number of pyridine rings is 1. The first kappa shape index (κ1) is 12.4. The zero-order valence-electron chi connectivity index (χ0n) is 10.2. The molecule has 0 radical (unpaired) electrons. The number of hydrogen-bond donors (Lipinski definition) is 0. The third kappa shape index (κ3) is 2.45. The molecule has 0 saturated carbocycles. The summed E-state index contributed by atoms with van der Waals surface area (Å²) >= 11 is 6.24. The molecule has 2 rings (SSSR count). The lowest BCUT2D eigenvalue weighted by Crippen LogP contribution is -2.00. The molecular formula is C13H17ClN2O. The van der Waals surface area contributed by atoms with Crippen LogP contribution in [0.25, 0.3) is 11.0 Å². The molecule has 4 heteroatoms. The predicted molar refractivity (Wildman–Crippen MR) is 70.6 cm³/mol. The number of hydrogen-bond acceptors (Lipinski definition) is 2. The Labute approximate surface area is 106 Å². The van der Waals surface area contributed by atoms with E-state index in [4.69, 9.17) is 16.3 Å². The second kappa shape index (κ2) is 5.52. The molecule has 0 fully saturated rings. The maximum absolute atomic E-state index is 6.24. The van der Waals surface area contributed by atoms with Gasteiger partial charge in [-0.25, -0.2) is 4.98 Å². The highest BCUT2D eigenvalue weighted by Crippen LogP contribution is 2.27. The molecule has 2 aromatic heterocycles. The zero-order chi connectivity index (χ0) is 12.3. The maximum Gasteiger partial charge on any atom is 0.141 e. The first-order valence-corrected chi connectivity index (χ1v) is 6.27. The van der Waals surface area contributed by atoms with Gasteiger partial charge in [0.1, 0.15) is 5.65 Å². The number of methoxy groups -OCH3 is 1. The summed E-state index contributed by atoms with van der Waals surface area (Å²) in [6.07, 6.45) is 5.87. The molecule has 0 aromatic carbocycles. The van der Waals surface area contributed by atoms with Crippen molar-refractivity contribution >= 4 is 22.6 Å². The Balaban J connectivity index is 2.39. The first-order valence-electron chi connectivity index (χ1n) is 5.89. The van der Waals surface area contributed by atoms with Gasteiger partial charge in [-0.05, 0) is 24.5 Å². The van der Waals surface area contributed by atoms with E-state index in [-0.39, 0.29) is 0 Å². The first-order chi connectivity index (χ1) is 8.27. The van der Waals surface area contributed by atoms with Crippen LogP contribution in [0.3, 0.4) is 0 Å². The van der Waals surface area contributed by atoms with Crippen LogP contribution in [0.5, 0.6) is 0 Å². The number of nitrogens with zero attached hydrogens (tertiary/aromatic N) is 2. The Morgan fingerprint density at radius 1 is 1.47 bits per heavy atom. The zero-order valence-corrected chi connectivity index (χ0v) is 11.0. The summed E-state index contributed by atoms with van der Waals surface area (Å²) in [5, 5.41) is 1.88. The van der Waals surface area contributed by atoms with Crippen LogP contribution in [0.4, 0.5) is 0 Å².